The number of unbranched alkanes of at least 4 members (excludes halogenated alkanes) is 1. The molecule has 0 aliphatic heterocycles. The van der Waals surface area contributed by atoms with Gasteiger partial charge in [0.25, 0.3) is 0 Å². The number of hydrogen-bond acceptors (Lipinski definition) is 13. The molecule has 0 radical (unpaired) electrons. The first kappa shape index (κ1) is 60.6. The molecule has 0 aromatic heterocycles. The average molecular weight is 996 g/mol. The van der Waals surface area contributed by atoms with Crippen LogP contribution in [0.5, 0.6) is 0 Å². The van der Waals surface area contributed by atoms with E-state index in [-0.39, 0.29) is 25.2 Å². The van der Waals surface area contributed by atoms with Crippen LogP contribution in [0, 0.1) is 17.8 Å². The number of nitrogens with two attached hydrogens (primary N) is 3. The standard InChI is InChI=1S/C49H77N11O11/c1-7-30(6)41(49(71)57-37(26-61)42(52)64)60-46(68)36(24-32-18-12-9-13-19-32)56-45(67)34(22-28(2)3)54-39(63)25-53-44(66)35(23-31-16-10-8-11-17-31)55-47(69)38(27-62)58-48(70)40(29(4)5)59-43(65)33(51)20-14-15-21-50/h8-13,16-19,28-30,33-38,40-41,61-62H,7,14-15,20-27,50-51H2,1-6H3,(H2,52,64)(H,53,66)(H,54,63)(H,55,69)(H,56,67)(H,57,71)(H,58,70)(H,59,65)(H,60,68)/t30-,33-,34-,35-,36-,37-,38-,40-,41-/m0/s1. The SMILES string of the molecule is CC[C@H](C)[C@H](NC(=O)[C@H](Cc1ccccc1)NC(=O)[C@H](CC(C)C)NC(=O)CNC(=O)[C@H](Cc1ccccc1)NC(=O)[C@H](CO)NC(=O)[C@@H](NC(=O)[C@@H](N)CCCCN)C(C)C)C(=O)N[C@@H](CO)C(N)=O. The summed E-state index contributed by atoms with van der Waals surface area (Å²) >= 11 is 0. The minimum atomic E-state index is -1.56. The van der Waals surface area contributed by atoms with E-state index in [0.29, 0.717) is 43.4 Å². The normalized spacial score (nSPS) is 15.0. The molecule has 394 valence electrons. The molecule has 0 unspecified atom stereocenters. The average Bonchev–Trinajstić information content (AvgIpc) is 3.33. The Hall–Kier alpha value is -6.49. The van der Waals surface area contributed by atoms with Gasteiger partial charge in [0.15, 0.2) is 0 Å². The predicted molar refractivity (Wildman–Crippen MR) is 265 cm³/mol. The Labute approximate surface area is 415 Å². The van der Waals surface area contributed by atoms with Crippen molar-refractivity contribution in [1.82, 2.24) is 42.5 Å². The Bertz CT molecular complexity index is 2040. The molecule has 9 amide bonds. The fourth-order valence-electron chi connectivity index (χ4n) is 7.22. The van der Waals surface area contributed by atoms with Gasteiger partial charge in [-0.05, 0) is 54.7 Å². The number of carbonyl (C=O) groups excluding carboxylic acids is 9. The molecule has 0 heterocycles. The van der Waals surface area contributed by atoms with Crippen molar-refractivity contribution in [2.45, 2.75) is 135 Å². The molecule has 2 aromatic carbocycles. The summed E-state index contributed by atoms with van der Waals surface area (Å²) in [4.78, 5) is 120. The highest BCUT2D eigenvalue weighted by Crippen LogP contribution is 2.13. The smallest absolute Gasteiger partial charge is 0.245 e. The van der Waals surface area contributed by atoms with Gasteiger partial charge < -0.3 is 69.9 Å². The van der Waals surface area contributed by atoms with E-state index in [2.05, 4.69) is 42.5 Å². The van der Waals surface area contributed by atoms with Crippen LogP contribution in [-0.2, 0) is 56.0 Å². The highest BCUT2D eigenvalue weighted by Gasteiger charge is 2.35. The zero-order valence-electron chi connectivity index (χ0n) is 41.7. The van der Waals surface area contributed by atoms with Crippen LogP contribution >= 0.6 is 0 Å². The number of amides is 9. The lowest BCUT2D eigenvalue weighted by molar-refractivity contribution is -0.136. The molecule has 0 saturated heterocycles. The number of nitrogens with one attached hydrogen (secondary N) is 8. The number of aliphatic hydroxyl groups excluding tert-OH is 2. The summed E-state index contributed by atoms with van der Waals surface area (Å²) in [5.74, 6) is -8.24. The van der Waals surface area contributed by atoms with Crippen molar-refractivity contribution in [1.29, 1.82) is 0 Å². The molecule has 0 aliphatic rings. The van der Waals surface area contributed by atoms with E-state index in [4.69, 9.17) is 17.2 Å². The van der Waals surface area contributed by atoms with Gasteiger partial charge in [-0.15, -0.1) is 0 Å². The molecular formula is C49H77N11O11. The van der Waals surface area contributed by atoms with Crippen LogP contribution in [0.4, 0.5) is 0 Å². The first-order chi connectivity index (χ1) is 33.6. The van der Waals surface area contributed by atoms with Crippen LogP contribution in [0.15, 0.2) is 60.7 Å². The maximum absolute atomic E-state index is 14.1. The van der Waals surface area contributed by atoms with E-state index in [1.54, 1.807) is 88.4 Å². The lowest BCUT2D eigenvalue weighted by atomic mass is 9.96. The van der Waals surface area contributed by atoms with Gasteiger partial charge >= 0.3 is 0 Å². The molecule has 0 bridgehead atoms. The maximum atomic E-state index is 14.1. The highest BCUT2D eigenvalue weighted by atomic mass is 16.3. The number of carbonyl (C=O) groups is 9. The van der Waals surface area contributed by atoms with Gasteiger partial charge in [-0.1, -0.05) is 115 Å². The first-order valence-corrected chi connectivity index (χ1v) is 24.1. The van der Waals surface area contributed by atoms with Crippen molar-refractivity contribution in [3.8, 4) is 0 Å². The van der Waals surface area contributed by atoms with E-state index >= 15 is 0 Å². The molecule has 0 aliphatic carbocycles. The van der Waals surface area contributed by atoms with Gasteiger partial charge in [0.2, 0.25) is 53.2 Å². The summed E-state index contributed by atoms with van der Waals surface area (Å²) in [6.07, 6.45) is 2.03. The lowest BCUT2D eigenvalue weighted by Gasteiger charge is -2.29. The monoisotopic (exact) mass is 996 g/mol. The Morgan fingerprint density at radius 2 is 1.01 bits per heavy atom. The number of aliphatic hydroxyl groups is 2. The van der Waals surface area contributed by atoms with Crippen molar-refractivity contribution in [2.24, 2.45) is 35.0 Å². The zero-order valence-corrected chi connectivity index (χ0v) is 41.7. The molecular weight excluding hydrogens is 919 g/mol. The molecule has 2 rings (SSSR count). The highest BCUT2D eigenvalue weighted by molar-refractivity contribution is 5.97. The van der Waals surface area contributed by atoms with Gasteiger partial charge in [0, 0.05) is 12.8 Å². The van der Waals surface area contributed by atoms with Gasteiger partial charge in [-0.2, -0.15) is 0 Å². The van der Waals surface area contributed by atoms with Crippen LogP contribution in [0.2, 0.25) is 0 Å². The first-order valence-electron chi connectivity index (χ1n) is 24.1. The molecule has 0 fully saturated rings. The van der Waals surface area contributed by atoms with Gasteiger partial charge in [0.05, 0.1) is 25.8 Å². The Morgan fingerprint density at radius 1 is 0.549 bits per heavy atom. The Morgan fingerprint density at radius 3 is 1.49 bits per heavy atom. The van der Waals surface area contributed by atoms with Crippen LogP contribution in [0.1, 0.15) is 84.8 Å². The maximum Gasteiger partial charge on any atom is 0.245 e. The van der Waals surface area contributed by atoms with Crippen molar-refractivity contribution < 1.29 is 53.4 Å². The fraction of sp³-hybridized carbons (Fsp3) is 0.571. The second-order valence-electron chi connectivity index (χ2n) is 18.4. The number of benzene rings is 2. The van der Waals surface area contributed by atoms with Crippen LogP contribution in [0.25, 0.3) is 0 Å². The molecule has 22 nitrogen and oxygen atoms in total. The van der Waals surface area contributed by atoms with Crippen LogP contribution < -0.4 is 59.7 Å². The van der Waals surface area contributed by atoms with E-state index in [1.807, 2.05) is 13.8 Å². The minimum absolute atomic E-state index is 0.0267. The van der Waals surface area contributed by atoms with E-state index in [0.717, 1.165) is 0 Å². The fourth-order valence-corrected chi connectivity index (χ4v) is 7.22. The Kier molecular flexibility index (Phi) is 27.1. The second-order valence-corrected chi connectivity index (χ2v) is 18.4. The molecule has 0 spiro atoms. The number of primary amides is 1. The van der Waals surface area contributed by atoms with Gasteiger partial charge in [-0.25, -0.2) is 0 Å². The summed E-state index contributed by atoms with van der Waals surface area (Å²) in [5, 5.41) is 40.3. The predicted octanol–water partition coefficient (Wildman–Crippen LogP) is -2.34. The van der Waals surface area contributed by atoms with Crippen molar-refractivity contribution in [3.63, 3.8) is 0 Å². The van der Waals surface area contributed by atoms with Gasteiger partial charge in [0.1, 0.15) is 42.3 Å². The molecule has 2 aromatic rings. The Balaban J connectivity index is 2.28. The van der Waals surface area contributed by atoms with Crippen molar-refractivity contribution in [3.05, 3.63) is 71.8 Å². The third-order valence-electron chi connectivity index (χ3n) is 11.6. The summed E-state index contributed by atoms with van der Waals surface area (Å²) < 4.78 is 0. The van der Waals surface area contributed by atoms with Crippen molar-refractivity contribution in [2.75, 3.05) is 26.3 Å². The molecule has 16 N–H and O–H groups in total. The topological polar surface area (TPSA) is 368 Å². The third kappa shape index (κ3) is 21.6. The summed E-state index contributed by atoms with van der Waals surface area (Å²) in [7, 11) is 0. The molecule has 22 heteroatoms. The molecule has 9 atom stereocenters. The quantitative estimate of drug-likeness (QED) is 0.0342. The van der Waals surface area contributed by atoms with E-state index in [9.17, 15) is 53.4 Å². The summed E-state index contributed by atoms with van der Waals surface area (Å²) in [5.41, 5.74) is 18.1. The summed E-state index contributed by atoms with van der Waals surface area (Å²) in [6, 6.07) is 7.29. The van der Waals surface area contributed by atoms with Gasteiger partial charge in [-0.3, -0.25) is 43.2 Å². The van der Waals surface area contributed by atoms with Crippen LogP contribution in [-0.4, -0.2) is 138 Å². The largest absolute Gasteiger partial charge is 0.394 e. The molecule has 0 saturated carbocycles. The van der Waals surface area contributed by atoms with E-state index in [1.165, 1.54) is 0 Å². The van der Waals surface area contributed by atoms with Crippen LogP contribution in [0.3, 0.4) is 0 Å². The van der Waals surface area contributed by atoms with Crippen molar-refractivity contribution >= 4 is 53.2 Å². The summed E-state index contributed by atoms with van der Waals surface area (Å²) in [6.45, 7) is 8.58. The zero-order chi connectivity index (χ0) is 53.2. The third-order valence-corrected chi connectivity index (χ3v) is 11.6. The van der Waals surface area contributed by atoms with E-state index < -0.39 is 133 Å². The minimum Gasteiger partial charge on any atom is -0.394 e. The second kappa shape index (κ2) is 31.7. The lowest BCUT2D eigenvalue weighted by Crippen LogP contribution is -2.60. The number of rotatable bonds is 32. The molecule has 71 heavy (non-hydrogen) atoms. The number of hydrogen-bond donors (Lipinski definition) is 13.